The fourth-order valence-electron chi connectivity index (χ4n) is 1.05. The zero-order valence-corrected chi connectivity index (χ0v) is 7.06. The van der Waals surface area contributed by atoms with Crippen LogP contribution in [-0.4, -0.2) is 24.6 Å². The van der Waals surface area contributed by atoms with E-state index in [1.165, 1.54) is 16.5 Å². The predicted molar refractivity (Wildman–Crippen MR) is 40.9 cm³/mol. The maximum atomic E-state index is 11.1. The molecule has 60 valence electrons. The van der Waals surface area contributed by atoms with E-state index in [1.807, 2.05) is 0 Å². The van der Waals surface area contributed by atoms with Crippen molar-refractivity contribution in [2.45, 2.75) is 11.8 Å². The Hall–Kier alpha value is -0.490. The third-order valence-electron chi connectivity index (χ3n) is 1.69. The average molecular weight is 191 g/mol. The van der Waals surface area contributed by atoms with Gasteiger partial charge in [0.15, 0.2) is 5.37 Å². The van der Waals surface area contributed by atoms with Crippen LogP contribution in [-0.2, 0) is 13.7 Å². The Morgan fingerprint density at radius 1 is 1.64 bits per heavy atom. The number of amides is 1. The van der Waals surface area contributed by atoms with Crippen molar-refractivity contribution < 1.29 is 13.2 Å². The second-order valence-corrected chi connectivity index (χ2v) is 6.30. The molecule has 2 rings (SSSR count). The van der Waals surface area contributed by atoms with Crippen LogP contribution in [0.4, 0.5) is 0 Å². The van der Waals surface area contributed by atoms with E-state index >= 15 is 0 Å². The molecule has 1 atom stereocenters. The molecule has 2 aliphatic heterocycles. The minimum absolute atomic E-state index is 0.116. The van der Waals surface area contributed by atoms with E-state index in [9.17, 15) is 13.2 Å². The maximum Gasteiger partial charge on any atom is 0.230 e. The van der Waals surface area contributed by atoms with Crippen LogP contribution in [0.15, 0.2) is 11.6 Å². The lowest BCUT2D eigenvalue weighted by molar-refractivity contribution is -0.137. The molecule has 0 unspecified atom stereocenters. The molecule has 1 fully saturated rings. The first kappa shape index (κ1) is 7.17. The minimum atomic E-state index is -3.12. The van der Waals surface area contributed by atoms with Gasteiger partial charge in [-0.3, -0.25) is 9.69 Å². The molecule has 0 aromatic heterocycles. The van der Waals surface area contributed by atoms with Gasteiger partial charge in [-0.15, -0.1) is 0 Å². The monoisotopic (exact) mass is 191 g/mol. The lowest BCUT2D eigenvalue weighted by Gasteiger charge is -2.38. The molecule has 0 aromatic carbocycles. The first-order valence-corrected chi connectivity index (χ1v) is 5.95. The quantitative estimate of drug-likeness (QED) is 0.402. The number of fused-ring (bicyclic) bond motifs is 1. The van der Waals surface area contributed by atoms with Gasteiger partial charge in [-0.2, -0.15) is 0 Å². The van der Waals surface area contributed by atoms with Gasteiger partial charge >= 0.3 is 0 Å². The van der Waals surface area contributed by atoms with Gasteiger partial charge in [0.1, 0.15) is 0 Å². The second kappa shape index (κ2) is 2.01. The molecule has 4 nitrogen and oxygen atoms in total. The lowest BCUT2D eigenvalue weighted by Crippen LogP contribution is -2.53. The molecule has 0 radical (unpaired) electrons. The van der Waals surface area contributed by atoms with Gasteiger partial charge in [-0.05, 0) is 10.8 Å². The summed E-state index contributed by atoms with van der Waals surface area (Å²) < 4.78 is 22.2. The molecule has 1 amide bonds. The number of rotatable bonds is 0. The summed E-state index contributed by atoms with van der Waals surface area (Å²) >= 11 is 0. The van der Waals surface area contributed by atoms with Crippen LogP contribution in [0.2, 0.25) is 0 Å². The van der Waals surface area contributed by atoms with Crippen molar-refractivity contribution in [3.05, 3.63) is 11.6 Å². The van der Waals surface area contributed by atoms with Gasteiger partial charge in [0, 0.05) is 11.6 Å². The molecule has 0 bridgehead atoms. The van der Waals surface area contributed by atoms with Gasteiger partial charge in [0.2, 0.25) is 14.8 Å². The number of β-lactam (4-membered cyclic amide) rings is 1. The third kappa shape index (κ3) is 0.893. The van der Waals surface area contributed by atoms with Crippen LogP contribution in [0, 0.1) is 0 Å². The first-order chi connectivity index (χ1) is 5.11. The van der Waals surface area contributed by atoms with Crippen molar-refractivity contribution in [3.63, 3.8) is 0 Å². The van der Waals surface area contributed by atoms with E-state index in [1.54, 1.807) is 0 Å². The predicted octanol–water partition coefficient (Wildman–Crippen LogP) is 0.0926. The van der Waals surface area contributed by atoms with Crippen LogP contribution < -0.4 is 0 Å². The maximum absolute atomic E-state index is 11.1. The second-order valence-electron chi connectivity index (χ2n) is 2.33. The molecule has 2 heterocycles. The third-order valence-corrected chi connectivity index (χ3v) is 5.06. The molecule has 11 heavy (non-hydrogen) atoms. The van der Waals surface area contributed by atoms with Gasteiger partial charge in [-0.25, -0.2) is 8.42 Å². The van der Waals surface area contributed by atoms with Crippen LogP contribution in [0.25, 0.3) is 0 Å². The molecule has 0 N–H and O–H groups in total. The smallest absolute Gasteiger partial charge is 0.230 e. The lowest BCUT2D eigenvalue weighted by atomic mass is 10.2. The van der Waals surface area contributed by atoms with E-state index in [0.717, 1.165) is 10.8 Å². The molecule has 0 aromatic rings. The highest BCUT2D eigenvalue weighted by molar-refractivity contribution is 8.73. The molecular formula is C5H5NO3S2. The number of carbonyl (C=O) groups excluding carboxylic acids is 1. The first-order valence-electron chi connectivity index (χ1n) is 3.01. The molecule has 2 aliphatic rings. The van der Waals surface area contributed by atoms with E-state index in [-0.39, 0.29) is 12.3 Å². The molecule has 6 heteroatoms. The summed E-state index contributed by atoms with van der Waals surface area (Å²) in [6.07, 6.45) is 1.65. The molecule has 0 aliphatic carbocycles. The van der Waals surface area contributed by atoms with Crippen molar-refractivity contribution in [2.24, 2.45) is 0 Å². The fraction of sp³-hybridized carbons (Fsp3) is 0.400. The Kier molecular flexibility index (Phi) is 1.31. The van der Waals surface area contributed by atoms with Gasteiger partial charge in [-0.1, -0.05) is 0 Å². The van der Waals surface area contributed by atoms with E-state index in [0.29, 0.717) is 0 Å². The van der Waals surface area contributed by atoms with Crippen molar-refractivity contribution >= 4 is 25.6 Å². The van der Waals surface area contributed by atoms with Gasteiger partial charge in [0.05, 0.1) is 6.42 Å². The molecule has 0 saturated carbocycles. The zero-order chi connectivity index (χ0) is 8.06. The average Bonchev–Trinajstić information content (AvgIpc) is 1.91. The van der Waals surface area contributed by atoms with E-state index in [4.69, 9.17) is 0 Å². The number of hydrogen-bond donors (Lipinski definition) is 0. The van der Waals surface area contributed by atoms with Crippen molar-refractivity contribution in [1.82, 2.24) is 4.90 Å². The summed E-state index contributed by atoms with van der Waals surface area (Å²) in [6.45, 7) is 0. The van der Waals surface area contributed by atoms with Crippen LogP contribution in [0.3, 0.4) is 0 Å². The van der Waals surface area contributed by atoms with Crippen molar-refractivity contribution in [2.75, 3.05) is 0 Å². The summed E-state index contributed by atoms with van der Waals surface area (Å²) in [6, 6.07) is 0. The van der Waals surface area contributed by atoms with Crippen LogP contribution in [0.1, 0.15) is 6.42 Å². The standard InChI is InChI=1S/C5H5NO3S2/c7-4-3-5-6(4)1-2-10-11(5,8)9/h1-2,5H,3H2/t5-/m1/s1. The number of nitrogens with zero attached hydrogens (tertiary/aromatic N) is 1. The summed E-state index contributed by atoms with van der Waals surface area (Å²) in [5, 5.41) is 0.827. The van der Waals surface area contributed by atoms with Crippen molar-refractivity contribution in [3.8, 4) is 0 Å². The number of carbonyl (C=O) groups is 1. The van der Waals surface area contributed by atoms with E-state index in [2.05, 4.69) is 0 Å². The van der Waals surface area contributed by atoms with Crippen LogP contribution >= 0.6 is 10.8 Å². The Morgan fingerprint density at radius 3 is 2.91 bits per heavy atom. The summed E-state index contributed by atoms with van der Waals surface area (Å²) in [7, 11) is -2.34. The fourth-order valence-corrected chi connectivity index (χ4v) is 3.81. The highest BCUT2D eigenvalue weighted by Gasteiger charge is 2.45. The Morgan fingerprint density at radius 2 is 2.36 bits per heavy atom. The Balaban J connectivity index is 2.39. The van der Waals surface area contributed by atoms with E-state index < -0.39 is 14.2 Å². The normalized spacial score (nSPS) is 32.9. The zero-order valence-electron chi connectivity index (χ0n) is 5.43. The summed E-state index contributed by atoms with van der Waals surface area (Å²) in [5.74, 6) is -0.116. The van der Waals surface area contributed by atoms with Crippen LogP contribution in [0.5, 0.6) is 0 Å². The highest BCUT2D eigenvalue weighted by atomic mass is 33.1. The Bertz CT molecular complexity index is 332. The Labute approximate surface area is 67.6 Å². The minimum Gasteiger partial charge on any atom is -0.299 e. The largest absolute Gasteiger partial charge is 0.299 e. The SMILES string of the molecule is O=C1C[C@@H]2N1C=CSS2(=O)=O. The van der Waals surface area contributed by atoms with Gasteiger partial charge in [0.25, 0.3) is 0 Å². The highest BCUT2D eigenvalue weighted by Crippen LogP contribution is 2.36. The van der Waals surface area contributed by atoms with Gasteiger partial charge < -0.3 is 0 Å². The molecule has 1 saturated heterocycles. The summed E-state index contributed by atoms with van der Waals surface area (Å²) in [4.78, 5) is 12.0. The summed E-state index contributed by atoms with van der Waals surface area (Å²) in [5.41, 5.74) is 0. The van der Waals surface area contributed by atoms with Crippen molar-refractivity contribution in [1.29, 1.82) is 0 Å². The molecular weight excluding hydrogens is 186 g/mol. The topological polar surface area (TPSA) is 54.5 Å². The number of hydrogen-bond acceptors (Lipinski definition) is 4. The molecule has 0 spiro atoms.